The number of nitrogens with zero attached hydrogens (tertiary/aromatic N) is 5. The lowest BCUT2D eigenvalue weighted by Gasteiger charge is -2.32. The summed E-state index contributed by atoms with van der Waals surface area (Å²) in [4.78, 5) is 14.7. The van der Waals surface area contributed by atoms with Crippen LogP contribution in [0.1, 0.15) is 38.1 Å². The van der Waals surface area contributed by atoms with E-state index in [1.807, 2.05) is 13.8 Å². The molecule has 0 aromatic carbocycles. The number of rotatable bonds is 6. The van der Waals surface area contributed by atoms with Gasteiger partial charge in [0.15, 0.2) is 0 Å². The Balaban J connectivity index is 1.90. The van der Waals surface area contributed by atoms with Crippen molar-refractivity contribution in [1.29, 1.82) is 0 Å². The number of amides is 1. The number of carbonyl (C=O) groups excluding carboxylic acids is 1. The smallest absolute Gasteiger partial charge is 0.246 e. The quantitative estimate of drug-likeness (QED) is 0.779. The van der Waals surface area contributed by atoms with E-state index in [1.54, 1.807) is 40.6 Å². The van der Waals surface area contributed by atoms with Crippen molar-refractivity contribution in [3.8, 4) is 0 Å². The molecule has 9 nitrogen and oxygen atoms in total. The van der Waals surface area contributed by atoms with Crippen LogP contribution >= 0.6 is 0 Å². The summed E-state index contributed by atoms with van der Waals surface area (Å²) in [5.41, 5.74) is 1.17. The fourth-order valence-corrected chi connectivity index (χ4v) is 5.41. The first-order chi connectivity index (χ1) is 12.8. The summed E-state index contributed by atoms with van der Waals surface area (Å²) in [6.07, 6.45) is 3.84. The van der Waals surface area contributed by atoms with E-state index in [-0.39, 0.29) is 10.8 Å². The molecule has 1 aliphatic rings. The van der Waals surface area contributed by atoms with Crippen molar-refractivity contribution >= 4 is 21.7 Å². The van der Waals surface area contributed by atoms with Gasteiger partial charge in [-0.1, -0.05) is 13.8 Å². The highest BCUT2D eigenvalue weighted by atomic mass is 32.2. The van der Waals surface area contributed by atoms with Gasteiger partial charge in [-0.15, -0.1) is 0 Å². The Morgan fingerprint density at radius 3 is 2.56 bits per heavy atom. The van der Waals surface area contributed by atoms with E-state index in [9.17, 15) is 13.2 Å². The first-order valence-corrected chi connectivity index (χ1v) is 10.6. The molecule has 1 atom stereocenters. The van der Waals surface area contributed by atoms with Crippen LogP contribution in [0.25, 0.3) is 0 Å². The van der Waals surface area contributed by atoms with Crippen molar-refractivity contribution in [3.63, 3.8) is 0 Å². The number of nitrogens with one attached hydrogen (secondary N) is 1. The summed E-state index contributed by atoms with van der Waals surface area (Å²) in [5.74, 6) is 0.405. The highest BCUT2D eigenvalue weighted by Crippen LogP contribution is 2.25. The van der Waals surface area contributed by atoms with Gasteiger partial charge in [-0.25, -0.2) is 8.42 Å². The number of piperidine rings is 1. The van der Waals surface area contributed by atoms with Crippen LogP contribution in [0.2, 0.25) is 0 Å². The topological polar surface area (TPSA) is 102 Å². The van der Waals surface area contributed by atoms with E-state index in [4.69, 9.17) is 0 Å². The maximum atomic E-state index is 13.1. The number of carbonyl (C=O) groups is 1. The van der Waals surface area contributed by atoms with Crippen molar-refractivity contribution < 1.29 is 13.2 Å². The molecule has 3 rings (SSSR count). The maximum absolute atomic E-state index is 13.1. The molecule has 10 heteroatoms. The van der Waals surface area contributed by atoms with E-state index < -0.39 is 16.1 Å². The molecule has 0 bridgehead atoms. The van der Waals surface area contributed by atoms with E-state index >= 15 is 0 Å². The number of aryl methyl sites for hydroxylation is 3. The van der Waals surface area contributed by atoms with Crippen molar-refractivity contribution in [2.45, 2.75) is 50.5 Å². The summed E-state index contributed by atoms with van der Waals surface area (Å²) in [6.45, 7) is 4.31. The first-order valence-electron chi connectivity index (χ1n) is 9.16. The van der Waals surface area contributed by atoms with Crippen LogP contribution in [-0.2, 0) is 41.8 Å². The second kappa shape index (κ2) is 7.43. The van der Waals surface area contributed by atoms with Crippen LogP contribution in [0.15, 0.2) is 17.2 Å². The minimum absolute atomic E-state index is 0.209. The summed E-state index contributed by atoms with van der Waals surface area (Å²) < 4.78 is 32.1. The van der Waals surface area contributed by atoms with E-state index in [0.29, 0.717) is 49.4 Å². The number of hydrogen-bond donors (Lipinski definition) is 1. The van der Waals surface area contributed by atoms with Gasteiger partial charge in [-0.05, 0) is 25.7 Å². The molecule has 1 amide bonds. The third-order valence-electron chi connectivity index (χ3n) is 4.93. The Bertz CT molecular complexity index is 946. The molecule has 1 saturated heterocycles. The van der Waals surface area contributed by atoms with E-state index in [0.717, 1.165) is 0 Å². The molecule has 2 aromatic rings. The van der Waals surface area contributed by atoms with Gasteiger partial charge in [0.1, 0.15) is 16.8 Å². The maximum Gasteiger partial charge on any atom is 0.246 e. The lowest BCUT2D eigenvalue weighted by atomic mass is 10.1. The lowest BCUT2D eigenvalue weighted by Crippen LogP contribution is -2.53. The summed E-state index contributed by atoms with van der Waals surface area (Å²) in [5, 5.41) is 8.43. The van der Waals surface area contributed by atoms with Gasteiger partial charge >= 0.3 is 0 Å². The van der Waals surface area contributed by atoms with Crippen molar-refractivity contribution in [3.05, 3.63) is 23.7 Å². The third-order valence-corrected chi connectivity index (χ3v) is 6.54. The van der Waals surface area contributed by atoms with Crippen LogP contribution < -0.4 is 9.62 Å². The van der Waals surface area contributed by atoms with Gasteiger partial charge in [-0.2, -0.15) is 14.9 Å². The molecule has 1 N–H and O–H groups in total. The Labute approximate surface area is 159 Å². The molecule has 0 spiro atoms. The molecule has 2 aromatic heterocycles. The van der Waals surface area contributed by atoms with E-state index in [1.165, 1.54) is 0 Å². The molecule has 148 valence electrons. The Morgan fingerprint density at radius 1 is 1.22 bits per heavy atom. The molecule has 27 heavy (non-hydrogen) atoms. The highest BCUT2D eigenvalue weighted by Gasteiger charge is 2.36. The fourth-order valence-electron chi connectivity index (χ4n) is 3.62. The SMILES string of the molecule is CCc1nn(C)c(CC)c1S(=O)(=O)N[C@@H]1CCCN(c2ccnn2C)C1=O. The van der Waals surface area contributed by atoms with Gasteiger partial charge in [0.25, 0.3) is 0 Å². The molecule has 1 aliphatic heterocycles. The number of sulfonamides is 1. The minimum atomic E-state index is -3.86. The summed E-state index contributed by atoms with van der Waals surface area (Å²) in [7, 11) is -0.363. The average Bonchev–Trinajstić information content (AvgIpc) is 3.19. The van der Waals surface area contributed by atoms with Crippen LogP contribution in [0.4, 0.5) is 5.82 Å². The van der Waals surface area contributed by atoms with Crippen molar-refractivity contribution in [2.24, 2.45) is 14.1 Å². The molecule has 0 aliphatic carbocycles. The Kier molecular flexibility index (Phi) is 5.38. The van der Waals surface area contributed by atoms with Gasteiger partial charge < -0.3 is 0 Å². The minimum Gasteiger partial charge on any atom is -0.296 e. The average molecular weight is 395 g/mol. The predicted octanol–water partition coefficient (Wildman–Crippen LogP) is 0.752. The van der Waals surface area contributed by atoms with Gasteiger partial charge in [-0.3, -0.25) is 19.1 Å². The fraction of sp³-hybridized carbons (Fsp3) is 0.588. The van der Waals surface area contributed by atoms with Crippen molar-refractivity contribution in [1.82, 2.24) is 24.3 Å². The van der Waals surface area contributed by atoms with Crippen molar-refractivity contribution in [2.75, 3.05) is 11.4 Å². The van der Waals surface area contributed by atoms with Gasteiger partial charge in [0.05, 0.1) is 17.6 Å². The third kappa shape index (κ3) is 3.51. The van der Waals surface area contributed by atoms with Crippen LogP contribution in [0.3, 0.4) is 0 Å². The van der Waals surface area contributed by atoms with E-state index in [2.05, 4.69) is 14.9 Å². The number of hydrogen-bond acceptors (Lipinski definition) is 5. The lowest BCUT2D eigenvalue weighted by molar-refractivity contribution is -0.121. The normalized spacial score (nSPS) is 18.3. The van der Waals surface area contributed by atoms with Crippen LogP contribution in [-0.4, -0.2) is 46.5 Å². The zero-order valence-corrected chi connectivity index (χ0v) is 17.0. The zero-order chi connectivity index (χ0) is 19.8. The summed E-state index contributed by atoms with van der Waals surface area (Å²) >= 11 is 0. The second-order valence-electron chi connectivity index (χ2n) is 6.67. The van der Waals surface area contributed by atoms with Crippen LogP contribution in [0, 0.1) is 0 Å². The standard InChI is InChI=1S/C17H26N6O3S/c1-5-12-16(14(6-2)21(3)19-12)27(25,26)20-13-8-7-11-23(17(13)24)15-9-10-18-22(15)4/h9-10,13,20H,5-8,11H2,1-4H3/t13-/m1/s1. The van der Waals surface area contributed by atoms with Gasteiger partial charge in [0, 0.05) is 26.7 Å². The molecule has 3 heterocycles. The van der Waals surface area contributed by atoms with Gasteiger partial charge in [0.2, 0.25) is 15.9 Å². The molecule has 0 saturated carbocycles. The summed E-state index contributed by atoms with van der Waals surface area (Å²) in [6, 6.07) is 0.952. The Morgan fingerprint density at radius 2 is 1.96 bits per heavy atom. The number of anilines is 1. The molecular weight excluding hydrogens is 368 g/mol. The monoisotopic (exact) mass is 394 g/mol. The zero-order valence-electron chi connectivity index (χ0n) is 16.1. The number of aromatic nitrogens is 4. The largest absolute Gasteiger partial charge is 0.296 e. The molecule has 1 fully saturated rings. The highest BCUT2D eigenvalue weighted by molar-refractivity contribution is 7.89. The molecular formula is C17H26N6O3S. The molecule has 0 unspecified atom stereocenters. The second-order valence-corrected chi connectivity index (χ2v) is 8.32. The Hall–Kier alpha value is -2.20. The first kappa shape index (κ1) is 19.6. The van der Waals surface area contributed by atoms with Crippen LogP contribution in [0.5, 0.6) is 0 Å². The molecule has 0 radical (unpaired) electrons. The predicted molar refractivity (Wildman–Crippen MR) is 101 cm³/mol.